The first kappa shape index (κ1) is 19.4. The molecule has 0 saturated carbocycles. The molecule has 0 aromatic heterocycles. The Morgan fingerprint density at radius 1 is 1.07 bits per heavy atom. The van der Waals surface area contributed by atoms with Crippen molar-refractivity contribution >= 4 is 16.9 Å². The number of alkyl carbamates (subject to hydrolysis) is 1. The maximum atomic E-state index is 12.3. The Bertz CT molecular complexity index is 986. The van der Waals surface area contributed by atoms with E-state index in [2.05, 4.69) is 5.32 Å². The summed E-state index contributed by atoms with van der Waals surface area (Å²) < 4.78 is 16.0. The summed E-state index contributed by atoms with van der Waals surface area (Å²) in [5, 5.41) is 15.3. The lowest BCUT2D eigenvalue weighted by Gasteiger charge is -2.24. The molecule has 0 bridgehead atoms. The quantitative estimate of drug-likeness (QED) is 0.662. The number of amides is 1. The van der Waals surface area contributed by atoms with Crippen molar-refractivity contribution in [3.63, 3.8) is 0 Å². The minimum atomic E-state index is -0.713. The molecule has 0 saturated heterocycles. The second-order valence-electron chi connectivity index (χ2n) is 6.13. The van der Waals surface area contributed by atoms with Gasteiger partial charge in [-0.2, -0.15) is 0 Å². The first-order valence-corrected chi connectivity index (χ1v) is 8.94. The van der Waals surface area contributed by atoms with Crippen molar-refractivity contribution in [2.75, 3.05) is 20.8 Å². The molecule has 0 fully saturated rings. The van der Waals surface area contributed by atoms with Gasteiger partial charge in [0.2, 0.25) is 0 Å². The van der Waals surface area contributed by atoms with E-state index in [0.29, 0.717) is 22.6 Å². The summed E-state index contributed by atoms with van der Waals surface area (Å²) in [4.78, 5) is 12.3. The van der Waals surface area contributed by atoms with Gasteiger partial charge in [-0.3, -0.25) is 0 Å². The van der Waals surface area contributed by atoms with Gasteiger partial charge in [0.25, 0.3) is 0 Å². The van der Waals surface area contributed by atoms with Crippen LogP contribution in [0, 0.1) is 0 Å². The molecule has 0 aliphatic rings. The third-order valence-electron chi connectivity index (χ3n) is 4.52. The summed E-state index contributed by atoms with van der Waals surface area (Å²) in [6.07, 6.45) is -0.593. The zero-order valence-corrected chi connectivity index (χ0v) is 16.1. The van der Waals surface area contributed by atoms with Crippen LogP contribution >= 0.6 is 0 Å². The summed E-state index contributed by atoms with van der Waals surface area (Å²) in [5.41, 5.74) is 1.19. The average Bonchev–Trinajstić information content (AvgIpc) is 2.72. The van der Waals surface area contributed by atoms with Crippen molar-refractivity contribution in [1.29, 1.82) is 0 Å². The van der Waals surface area contributed by atoms with E-state index in [-0.39, 0.29) is 12.4 Å². The summed E-state index contributed by atoms with van der Waals surface area (Å²) >= 11 is 0. The van der Waals surface area contributed by atoms with E-state index in [9.17, 15) is 9.90 Å². The molecule has 28 heavy (non-hydrogen) atoms. The number of benzene rings is 3. The normalized spacial score (nSPS) is 11.7. The third kappa shape index (κ3) is 3.81. The molecule has 1 unspecified atom stereocenters. The largest absolute Gasteiger partial charge is 0.508 e. The van der Waals surface area contributed by atoms with Crippen LogP contribution in [-0.2, 0) is 4.74 Å². The molecule has 3 aromatic rings. The molecular formula is C22H23NO5. The van der Waals surface area contributed by atoms with E-state index in [1.807, 2.05) is 30.3 Å². The van der Waals surface area contributed by atoms with E-state index in [1.165, 1.54) is 0 Å². The molecule has 1 atom stereocenters. The number of carbonyl (C=O) groups is 1. The fraction of sp³-hybridized carbons (Fsp3) is 0.227. The number of aromatic hydroxyl groups is 1. The highest BCUT2D eigenvalue weighted by Crippen LogP contribution is 2.40. The van der Waals surface area contributed by atoms with Crippen molar-refractivity contribution < 1.29 is 24.1 Å². The van der Waals surface area contributed by atoms with Crippen LogP contribution in [0.2, 0.25) is 0 Å². The average molecular weight is 381 g/mol. The number of phenols is 1. The van der Waals surface area contributed by atoms with Crippen LogP contribution in [-0.4, -0.2) is 32.0 Å². The van der Waals surface area contributed by atoms with Crippen LogP contribution in [0.15, 0.2) is 54.6 Å². The Hall–Kier alpha value is -3.41. The second-order valence-corrected chi connectivity index (χ2v) is 6.13. The van der Waals surface area contributed by atoms with Gasteiger partial charge in [0.15, 0.2) is 0 Å². The Balaban J connectivity index is 2.25. The lowest BCUT2D eigenvalue weighted by Crippen LogP contribution is -2.30. The fourth-order valence-corrected chi connectivity index (χ4v) is 3.25. The highest BCUT2D eigenvalue weighted by Gasteiger charge is 2.26. The van der Waals surface area contributed by atoms with Gasteiger partial charge in [-0.1, -0.05) is 30.3 Å². The number of phenolic OH excluding ortho intramolecular Hbond substituents is 1. The predicted molar refractivity (Wildman–Crippen MR) is 107 cm³/mol. The van der Waals surface area contributed by atoms with E-state index in [1.54, 1.807) is 45.4 Å². The number of ether oxygens (including phenoxy) is 3. The molecule has 0 aliphatic carbocycles. The van der Waals surface area contributed by atoms with E-state index < -0.39 is 12.1 Å². The standard InChI is InChI=1S/C22H23NO5/c1-4-28-22(25)23-21(17-13-15(26-2)10-12-19(17)27-3)20-16-8-6-5-7-14(16)9-11-18(20)24/h5-13,21,24H,4H2,1-3H3,(H,23,25). The van der Waals surface area contributed by atoms with Gasteiger partial charge < -0.3 is 24.6 Å². The number of nitrogens with one attached hydrogen (secondary N) is 1. The summed E-state index contributed by atoms with van der Waals surface area (Å²) in [6.45, 7) is 1.96. The van der Waals surface area contributed by atoms with Gasteiger partial charge in [0.05, 0.1) is 26.9 Å². The molecule has 0 heterocycles. The summed E-state index contributed by atoms with van der Waals surface area (Å²) in [7, 11) is 3.12. The Kier molecular flexibility index (Phi) is 5.89. The number of rotatable bonds is 6. The first-order chi connectivity index (χ1) is 13.6. The summed E-state index contributed by atoms with van der Waals surface area (Å²) in [6, 6.07) is 15.7. The summed E-state index contributed by atoms with van der Waals surface area (Å²) in [5.74, 6) is 1.21. The predicted octanol–water partition coefficient (Wildman–Crippen LogP) is 4.40. The Morgan fingerprint density at radius 3 is 2.57 bits per heavy atom. The SMILES string of the molecule is CCOC(=O)NC(c1cc(OC)ccc1OC)c1c(O)ccc2ccccc12. The monoisotopic (exact) mass is 381 g/mol. The van der Waals surface area contributed by atoms with Crippen molar-refractivity contribution in [3.05, 3.63) is 65.7 Å². The zero-order valence-electron chi connectivity index (χ0n) is 16.1. The van der Waals surface area contributed by atoms with Gasteiger partial charge in [0.1, 0.15) is 17.2 Å². The molecule has 0 aliphatic heterocycles. The number of methoxy groups -OCH3 is 2. The molecule has 0 radical (unpaired) electrons. The molecule has 1 amide bonds. The van der Waals surface area contributed by atoms with Crippen molar-refractivity contribution in [2.24, 2.45) is 0 Å². The molecule has 6 nitrogen and oxygen atoms in total. The van der Waals surface area contributed by atoms with Crippen molar-refractivity contribution in [1.82, 2.24) is 5.32 Å². The maximum absolute atomic E-state index is 12.3. The highest BCUT2D eigenvalue weighted by molar-refractivity contribution is 5.89. The number of hydrogen-bond donors (Lipinski definition) is 2. The minimum absolute atomic E-state index is 0.0605. The number of fused-ring (bicyclic) bond motifs is 1. The lowest BCUT2D eigenvalue weighted by atomic mass is 9.92. The van der Waals surface area contributed by atoms with Crippen LogP contribution in [0.3, 0.4) is 0 Å². The second kappa shape index (κ2) is 8.52. The Morgan fingerprint density at radius 2 is 1.86 bits per heavy atom. The van der Waals surface area contributed by atoms with Gasteiger partial charge in [0, 0.05) is 11.1 Å². The topological polar surface area (TPSA) is 77.0 Å². The first-order valence-electron chi connectivity index (χ1n) is 8.94. The smallest absolute Gasteiger partial charge is 0.407 e. The van der Waals surface area contributed by atoms with Gasteiger partial charge in [-0.15, -0.1) is 0 Å². The van der Waals surface area contributed by atoms with Crippen LogP contribution < -0.4 is 14.8 Å². The van der Waals surface area contributed by atoms with Gasteiger partial charge in [-0.25, -0.2) is 4.79 Å². The van der Waals surface area contributed by atoms with Crippen molar-refractivity contribution in [2.45, 2.75) is 13.0 Å². The maximum Gasteiger partial charge on any atom is 0.407 e. The molecule has 3 rings (SSSR count). The van der Waals surface area contributed by atoms with Crippen LogP contribution in [0.1, 0.15) is 24.1 Å². The molecule has 6 heteroatoms. The van der Waals surface area contributed by atoms with Gasteiger partial charge >= 0.3 is 6.09 Å². The number of carbonyl (C=O) groups excluding carboxylic acids is 1. The molecule has 2 N–H and O–H groups in total. The minimum Gasteiger partial charge on any atom is -0.508 e. The molecule has 146 valence electrons. The van der Waals surface area contributed by atoms with E-state index >= 15 is 0 Å². The van der Waals surface area contributed by atoms with Crippen LogP contribution in [0.25, 0.3) is 10.8 Å². The Labute approximate surface area is 163 Å². The van der Waals surface area contributed by atoms with Crippen LogP contribution in [0.5, 0.6) is 17.2 Å². The van der Waals surface area contributed by atoms with Crippen LogP contribution in [0.4, 0.5) is 4.79 Å². The molecule has 0 spiro atoms. The lowest BCUT2D eigenvalue weighted by molar-refractivity contribution is 0.149. The number of hydrogen-bond acceptors (Lipinski definition) is 5. The van der Waals surface area contributed by atoms with Crippen molar-refractivity contribution in [3.8, 4) is 17.2 Å². The zero-order chi connectivity index (χ0) is 20.1. The van der Waals surface area contributed by atoms with Gasteiger partial charge in [-0.05, 0) is 42.0 Å². The molecular weight excluding hydrogens is 358 g/mol. The highest BCUT2D eigenvalue weighted by atomic mass is 16.5. The van der Waals surface area contributed by atoms with E-state index in [0.717, 1.165) is 10.8 Å². The van der Waals surface area contributed by atoms with E-state index in [4.69, 9.17) is 14.2 Å². The third-order valence-corrected chi connectivity index (χ3v) is 4.52. The molecule has 3 aromatic carbocycles. The fourth-order valence-electron chi connectivity index (χ4n) is 3.25.